The van der Waals surface area contributed by atoms with E-state index in [1.54, 1.807) is 31.4 Å². The second kappa shape index (κ2) is 5.96. The average Bonchev–Trinajstić information content (AvgIpc) is 2.43. The summed E-state index contributed by atoms with van der Waals surface area (Å²) >= 11 is 9.55. The van der Waals surface area contributed by atoms with Crippen LogP contribution in [-0.4, -0.2) is 7.11 Å². The van der Waals surface area contributed by atoms with Crippen molar-refractivity contribution >= 4 is 38.9 Å². The molecule has 0 saturated carbocycles. The Balaban J connectivity index is 2.33. The van der Waals surface area contributed by atoms with Crippen molar-refractivity contribution in [3.05, 3.63) is 51.5 Å². The molecule has 0 atom stereocenters. The molecule has 96 valence electrons. The van der Waals surface area contributed by atoms with Crippen LogP contribution in [0, 0.1) is 11.3 Å². The quantitative estimate of drug-likeness (QED) is 0.881. The largest absolute Gasteiger partial charge is 0.497 e. The van der Waals surface area contributed by atoms with Crippen LogP contribution >= 0.6 is 27.5 Å². The second-order valence-corrected chi connectivity index (χ2v) is 5.04. The summed E-state index contributed by atoms with van der Waals surface area (Å²) in [5.74, 6) is 0.719. The molecule has 0 aliphatic rings. The molecule has 0 unspecified atom stereocenters. The number of halogens is 2. The topological polar surface area (TPSA) is 45.0 Å². The highest BCUT2D eigenvalue weighted by Crippen LogP contribution is 2.32. The van der Waals surface area contributed by atoms with Gasteiger partial charge in [0.15, 0.2) is 0 Å². The first kappa shape index (κ1) is 13.7. The molecule has 2 aromatic rings. The molecule has 0 heterocycles. The number of nitrogens with one attached hydrogen (secondary N) is 1. The molecule has 0 spiro atoms. The third kappa shape index (κ3) is 3.19. The van der Waals surface area contributed by atoms with Crippen LogP contribution in [0.15, 0.2) is 40.9 Å². The number of nitriles is 1. The molecule has 0 radical (unpaired) electrons. The van der Waals surface area contributed by atoms with Crippen molar-refractivity contribution in [1.82, 2.24) is 0 Å². The van der Waals surface area contributed by atoms with Gasteiger partial charge in [0.1, 0.15) is 5.75 Å². The van der Waals surface area contributed by atoms with Crippen molar-refractivity contribution in [3.8, 4) is 11.8 Å². The van der Waals surface area contributed by atoms with E-state index in [-0.39, 0.29) is 0 Å². The fourth-order valence-electron chi connectivity index (χ4n) is 1.56. The molecule has 2 aromatic carbocycles. The molecular formula is C14H10BrClN2O. The number of nitrogens with zero attached hydrogens (tertiary/aromatic N) is 1. The highest BCUT2D eigenvalue weighted by Gasteiger charge is 2.06. The van der Waals surface area contributed by atoms with Gasteiger partial charge in [0.2, 0.25) is 0 Å². The van der Waals surface area contributed by atoms with Gasteiger partial charge in [-0.15, -0.1) is 0 Å². The summed E-state index contributed by atoms with van der Waals surface area (Å²) in [6, 6.07) is 12.8. The van der Waals surface area contributed by atoms with E-state index in [0.29, 0.717) is 10.6 Å². The predicted octanol–water partition coefficient (Wildman–Crippen LogP) is 4.73. The fourth-order valence-corrected chi connectivity index (χ4v) is 2.20. The van der Waals surface area contributed by atoms with Crippen LogP contribution in [0.3, 0.4) is 0 Å². The number of hydrogen-bond donors (Lipinski definition) is 1. The maximum Gasteiger partial charge on any atom is 0.121 e. The molecule has 0 aliphatic carbocycles. The minimum absolute atomic E-state index is 0.592. The van der Waals surface area contributed by atoms with Gasteiger partial charge in [-0.2, -0.15) is 5.26 Å². The molecule has 0 aliphatic heterocycles. The first-order chi connectivity index (χ1) is 9.13. The molecule has 0 aromatic heterocycles. The molecule has 3 nitrogen and oxygen atoms in total. The van der Waals surface area contributed by atoms with E-state index in [9.17, 15) is 0 Å². The average molecular weight is 338 g/mol. The van der Waals surface area contributed by atoms with Crippen molar-refractivity contribution in [3.63, 3.8) is 0 Å². The Morgan fingerprint density at radius 1 is 1.21 bits per heavy atom. The van der Waals surface area contributed by atoms with Crippen LogP contribution < -0.4 is 10.1 Å². The third-order valence-corrected chi connectivity index (χ3v) is 3.53. The van der Waals surface area contributed by atoms with Crippen molar-refractivity contribution in [2.24, 2.45) is 0 Å². The van der Waals surface area contributed by atoms with E-state index >= 15 is 0 Å². The van der Waals surface area contributed by atoms with Gasteiger partial charge in [-0.05, 0) is 46.3 Å². The van der Waals surface area contributed by atoms with Gasteiger partial charge in [-0.25, -0.2) is 0 Å². The maximum atomic E-state index is 8.83. The minimum atomic E-state index is 0.592. The first-order valence-electron chi connectivity index (χ1n) is 5.44. The minimum Gasteiger partial charge on any atom is -0.497 e. The number of methoxy groups -OCH3 is 1. The maximum absolute atomic E-state index is 8.83. The second-order valence-electron chi connectivity index (χ2n) is 3.78. The molecule has 0 amide bonds. The van der Waals surface area contributed by atoms with Gasteiger partial charge in [0.05, 0.1) is 35.1 Å². The Hall–Kier alpha value is -1.70. The Bertz CT molecular complexity index is 652. The van der Waals surface area contributed by atoms with E-state index in [2.05, 4.69) is 27.3 Å². The number of ether oxygens (including phenoxy) is 1. The zero-order chi connectivity index (χ0) is 13.8. The van der Waals surface area contributed by atoms with Crippen LogP contribution in [-0.2, 0) is 0 Å². The molecule has 1 N–H and O–H groups in total. The Labute approximate surface area is 124 Å². The smallest absolute Gasteiger partial charge is 0.121 e. The van der Waals surface area contributed by atoms with Crippen LogP contribution in [0.2, 0.25) is 5.02 Å². The number of rotatable bonds is 3. The summed E-state index contributed by atoms with van der Waals surface area (Å²) in [5, 5.41) is 12.6. The number of anilines is 2. The van der Waals surface area contributed by atoms with E-state index in [1.165, 1.54) is 0 Å². The van der Waals surface area contributed by atoms with Crippen molar-refractivity contribution in [2.45, 2.75) is 0 Å². The lowest BCUT2D eigenvalue weighted by Crippen LogP contribution is -1.94. The normalized spacial score (nSPS) is 9.79. The van der Waals surface area contributed by atoms with E-state index in [0.717, 1.165) is 21.6 Å². The van der Waals surface area contributed by atoms with Gasteiger partial charge in [-0.1, -0.05) is 11.6 Å². The lowest BCUT2D eigenvalue weighted by atomic mass is 10.2. The lowest BCUT2D eigenvalue weighted by Gasteiger charge is -2.11. The third-order valence-electron chi connectivity index (χ3n) is 2.54. The standard InChI is InChI=1S/C14H10BrClN2O/c1-19-10-3-4-12(16)14(7-10)18-13-5-2-9(8-17)6-11(13)15/h2-7,18H,1H3. The first-order valence-corrected chi connectivity index (χ1v) is 6.61. The number of hydrogen-bond acceptors (Lipinski definition) is 3. The van der Waals surface area contributed by atoms with Crippen LogP contribution in [0.5, 0.6) is 5.75 Å². The van der Waals surface area contributed by atoms with Crippen molar-refractivity contribution in [1.29, 1.82) is 5.26 Å². The molecule has 2 rings (SSSR count). The van der Waals surface area contributed by atoms with Gasteiger partial charge >= 0.3 is 0 Å². The highest BCUT2D eigenvalue weighted by molar-refractivity contribution is 9.10. The van der Waals surface area contributed by atoms with Crippen LogP contribution in [0.1, 0.15) is 5.56 Å². The van der Waals surface area contributed by atoms with Crippen molar-refractivity contribution < 1.29 is 4.74 Å². The summed E-state index contributed by atoms with van der Waals surface area (Å²) < 4.78 is 5.96. The highest BCUT2D eigenvalue weighted by atomic mass is 79.9. The van der Waals surface area contributed by atoms with Gasteiger partial charge in [-0.3, -0.25) is 0 Å². The monoisotopic (exact) mass is 336 g/mol. The Kier molecular flexibility index (Phi) is 4.31. The SMILES string of the molecule is COc1ccc(Cl)c(Nc2ccc(C#N)cc2Br)c1. The molecule has 0 fully saturated rings. The molecule has 19 heavy (non-hydrogen) atoms. The fraction of sp³-hybridized carbons (Fsp3) is 0.0714. The summed E-state index contributed by atoms with van der Waals surface area (Å²) in [7, 11) is 1.60. The zero-order valence-electron chi connectivity index (χ0n) is 10.1. The predicted molar refractivity (Wildman–Crippen MR) is 80.1 cm³/mol. The van der Waals surface area contributed by atoms with E-state index in [4.69, 9.17) is 21.6 Å². The Morgan fingerprint density at radius 2 is 2.00 bits per heavy atom. The number of benzene rings is 2. The summed E-state index contributed by atoms with van der Waals surface area (Å²) in [4.78, 5) is 0. The molecular weight excluding hydrogens is 328 g/mol. The van der Waals surface area contributed by atoms with E-state index < -0.39 is 0 Å². The summed E-state index contributed by atoms with van der Waals surface area (Å²) in [6.07, 6.45) is 0. The summed E-state index contributed by atoms with van der Waals surface area (Å²) in [6.45, 7) is 0. The molecule has 0 saturated heterocycles. The Morgan fingerprint density at radius 3 is 2.63 bits per heavy atom. The van der Waals surface area contributed by atoms with Crippen LogP contribution in [0.4, 0.5) is 11.4 Å². The van der Waals surface area contributed by atoms with Crippen LogP contribution in [0.25, 0.3) is 0 Å². The molecule has 5 heteroatoms. The van der Waals surface area contributed by atoms with Crippen molar-refractivity contribution in [2.75, 3.05) is 12.4 Å². The van der Waals surface area contributed by atoms with Gasteiger partial charge in [0.25, 0.3) is 0 Å². The zero-order valence-corrected chi connectivity index (χ0v) is 12.4. The van der Waals surface area contributed by atoms with Gasteiger partial charge < -0.3 is 10.1 Å². The van der Waals surface area contributed by atoms with E-state index in [1.807, 2.05) is 12.1 Å². The molecule has 0 bridgehead atoms. The van der Waals surface area contributed by atoms with Gasteiger partial charge in [0, 0.05) is 10.5 Å². The lowest BCUT2D eigenvalue weighted by molar-refractivity contribution is 0.415. The summed E-state index contributed by atoms with van der Waals surface area (Å²) in [5.41, 5.74) is 2.16.